The zero-order valence-electron chi connectivity index (χ0n) is 18.4. The first-order valence-corrected chi connectivity index (χ1v) is 10.6. The van der Waals surface area contributed by atoms with Crippen LogP contribution in [-0.2, 0) is 33.6 Å². The Hall–Kier alpha value is -3.75. The van der Waals surface area contributed by atoms with Crippen molar-refractivity contribution in [2.45, 2.75) is 69.1 Å². The van der Waals surface area contributed by atoms with Crippen LogP contribution in [0.1, 0.15) is 44.9 Å². The normalized spacial score (nSPS) is 17.6. The molecular weight excluding hydrogens is 456 g/mol. The molecule has 0 bridgehead atoms. The van der Waals surface area contributed by atoms with E-state index in [1.165, 1.54) is 0 Å². The van der Waals surface area contributed by atoms with Gasteiger partial charge in [-0.1, -0.05) is 0 Å². The van der Waals surface area contributed by atoms with Gasteiger partial charge in [0, 0.05) is 12.8 Å². The van der Waals surface area contributed by atoms with E-state index in [0.29, 0.717) is 13.0 Å². The van der Waals surface area contributed by atoms with Gasteiger partial charge in [0.2, 0.25) is 29.5 Å². The van der Waals surface area contributed by atoms with Crippen LogP contribution in [0, 0.1) is 0 Å². The zero-order chi connectivity index (χ0) is 25.8. The lowest BCUT2D eigenvalue weighted by Gasteiger charge is -2.24. The number of primary amides is 2. The van der Waals surface area contributed by atoms with E-state index in [2.05, 4.69) is 16.0 Å². The number of carboxylic acids is 2. The molecule has 15 nitrogen and oxygen atoms in total. The fourth-order valence-electron chi connectivity index (χ4n) is 3.21. The van der Waals surface area contributed by atoms with Gasteiger partial charge in [-0.2, -0.15) is 0 Å². The number of hydrogen-bond donors (Lipinski definition) is 8. The first-order chi connectivity index (χ1) is 15.9. The number of carbonyl (C=O) groups is 7. The van der Waals surface area contributed by atoms with Crippen molar-refractivity contribution in [2.75, 3.05) is 6.54 Å². The SMILES string of the molecule is NC(=O)CCC(NC(=O)C(CCC(N)=O)NC(=O)C1CCCN1)C(=O)NC(CC(=O)O)C(=O)O. The van der Waals surface area contributed by atoms with Crippen LogP contribution in [0.25, 0.3) is 0 Å². The van der Waals surface area contributed by atoms with Gasteiger partial charge in [0.15, 0.2) is 0 Å². The van der Waals surface area contributed by atoms with Gasteiger partial charge >= 0.3 is 11.9 Å². The van der Waals surface area contributed by atoms with Crippen molar-refractivity contribution in [1.82, 2.24) is 21.3 Å². The Kier molecular flexibility index (Phi) is 11.4. The van der Waals surface area contributed by atoms with Crippen LogP contribution in [0.5, 0.6) is 0 Å². The van der Waals surface area contributed by atoms with E-state index in [1.807, 2.05) is 5.32 Å². The molecule has 1 rings (SSSR count). The molecule has 0 saturated carbocycles. The molecule has 4 atom stereocenters. The Morgan fingerprint density at radius 2 is 1.32 bits per heavy atom. The number of carboxylic acid groups (broad SMARTS) is 2. The summed E-state index contributed by atoms with van der Waals surface area (Å²) in [6.07, 6.45) is -0.753. The number of hydrogen-bond acceptors (Lipinski definition) is 8. The minimum Gasteiger partial charge on any atom is -0.481 e. The molecule has 15 heteroatoms. The highest BCUT2D eigenvalue weighted by Gasteiger charge is 2.32. The maximum Gasteiger partial charge on any atom is 0.326 e. The van der Waals surface area contributed by atoms with E-state index in [-0.39, 0.29) is 25.7 Å². The Balaban J connectivity index is 2.98. The molecule has 1 saturated heterocycles. The van der Waals surface area contributed by atoms with Gasteiger partial charge in [-0.05, 0) is 32.2 Å². The number of carbonyl (C=O) groups excluding carboxylic acids is 5. The largest absolute Gasteiger partial charge is 0.481 e. The first-order valence-electron chi connectivity index (χ1n) is 10.6. The van der Waals surface area contributed by atoms with Gasteiger partial charge in [0.1, 0.15) is 18.1 Å². The lowest BCUT2D eigenvalue weighted by molar-refractivity contribution is -0.147. The molecule has 190 valence electrons. The summed E-state index contributed by atoms with van der Waals surface area (Å²) in [5, 5.41) is 27.7. The molecular formula is C19H30N6O9. The van der Waals surface area contributed by atoms with E-state index in [4.69, 9.17) is 21.7 Å². The lowest BCUT2D eigenvalue weighted by Crippen LogP contribution is -2.57. The monoisotopic (exact) mass is 486 g/mol. The predicted octanol–water partition coefficient (Wildman–Crippen LogP) is -3.72. The highest BCUT2D eigenvalue weighted by atomic mass is 16.4. The fourth-order valence-corrected chi connectivity index (χ4v) is 3.21. The number of nitrogens with one attached hydrogen (secondary N) is 4. The van der Waals surface area contributed by atoms with Crippen molar-refractivity contribution < 1.29 is 43.8 Å². The van der Waals surface area contributed by atoms with Crippen molar-refractivity contribution in [3.8, 4) is 0 Å². The number of nitrogens with two attached hydrogens (primary N) is 2. The Morgan fingerprint density at radius 3 is 1.74 bits per heavy atom. The molecule has 1 heterocycles. The highest BCUT2D eigenvalue weighted by Crippen LogP contribution is 2.08. The molecule has 1 aliphatic heterocycles. The maximum absolute atomic E-state index is 12.9. The first kappa shape index (κ1) is 28.3. The molecule has 34 heavy (non-hydrogen) atoms. The van der Waals surface area contributed by atoms with Crippen molar-refractivity contribution in [2.24, 2.45) is 11.5 Å². The van der Waals surface area contributed by atoms with Crippen molar-refractivity contribution in [3.05, 3.63) is 0 Å². The van der Waals surface area contributed by atoms with Gasteiger partial charge in [0.05, 0.1) is 12.5 Å². The topological polar surface area (TPSA) is 260 Å². The molecule has 0 aromatic rings. The molecule has 0 spiro atoms. The smallest absolute Gasteiger partial charge is 0.326 e. The minimum absolute atomic E-state index is 0.180. The predicted molar refractivity (Wildman–Crippen MR) is 114 cm³/mol. The van der Waals surface area contributed by atoms with Gasteiger partial charge in [-0.3, -0.25) is 28.8 Å². The summed E-state index contributed by atoms with van der Waals surface area (Å²) in [5.41, 5.74) is 10.2. The third kappa shape index (κ3) is 10.2. The fraction of sp³-hybridized carbons (Fsp3) is 0.632. The second-order valence-corrected chi connectivity index (χ2v) is 7.78. The molecule has 1 fully saturated rings. The summed E-state index contributed by atoms with van der Waals surface area (Å²) in [7, 11) is 0. The van der Waals surface area contributed by atoms with Crippen LogP contribution in [0.2, 0.25) is 0 Å². The second-order valence-electron chi connectivity index (χ2n) is 7.78. The molecule has 5 amide bonds. The molecule has 0 aliphatic carbocycles. The average Bonchev–Trinajstić information content (AvgIpc) is 3.27. The molecule has 0 radical (unpaired) electrons. The quantitative estimate of drug-likeness (QED) is 0.112. The van der Waals surface area contributed by atoms with Gasteiger partial charge in [-0.25, -0.2) is 4.79 Å². The Morgan fingerprint density at radius 1 is 0.824 bits per heavy atom. The molecule has 10 N–H and O–H groups in total. The van der Waals surface area contributed by atoms with Crippen LogP contribution in [0.15, 0.2) is 0 Å². The van der Waals surface area contributed by atoms with Crippen molar-refractivity contribution >= 4 is 41.5 Å². The standard InChI is InChI=1S/C19H30N6O9/c20-13(26)5-3-10(23-16(30)9-2-1-7-22-9)17(31)24-11(4-6-14(21)27)18(32)25-12(19(33)34)8-15(28)29/h9-12,22H,1-8H2,(H2,20,26)(H2,21,27)(H,23,30)(H,24,31)(H,25,32)(H,28,29)(H,33,34). The molecule has 1 aliphatic rings. The van der Waals surface area contributed by atoms with E-state index in [1.54, 1.807) is 0 Å². The third-order valence-electron chi connectivity index (χ3n) is 4.99. The van der Waals surface area contributed by atoms with Gasteiger partial charge < -0.3 is 42.9 Å². The number of rotatable bonds is 15. The highest BCUT2D eigenvalue weighted by molar-refractivity contribution is 5.95. The summed E-state index contributed by atoms with van der Waals surface area (Å²) in [5.74, 6) is -7.09. The van der Waals surface area contributed by atoms with E-state index in [9.17, 15) is 33.6 Å². The maximum atomic E-state index is 12.9. The van der Waals surface area contributed by atoms with Crippen LogP contribution in [0.4, 0.5) is 0 Å². The van der Waals surface area contributed by atoms with Crippen molar-refractivity contribution in [1.29, 1.82) is 0 Å². The molecule has 4 unspecified atom stereocenters. The lowest BCUT2D eigenvalue weighted by atomic mass is 10.1. The van der Waals surface area contributed by atoms with Crippen LogP contribution < -0.4 is 32.7 Å². The summed E-state index contributed by atoms with van der Waals surface area (Å²) in [4.78, 5) is 82.4. The van der Waals surface area contributed by atoms with Crippen molar-refractivity contribution in [3.63, 3.8) is 0 Å². The number of aliphatic carboxylic acids is 2. The van der Waals surface area contributed by atoms with Gasteiger partial charge in [-0.15, -0.1) is 0 Å². The van der Waals surface area contributed by atoms with Gasteiger partial charge in [0.25, 0.3) is 0 Å². The Bertz CT molecular complexity index is 812. The van der Waals surface area contributed by atoms with E-state index < -0.39 is 72.1 Å². The Labute approximate surface area is 194 Å². The summed E-state index contributed by atoms with van der Waals surface area (Å²) in [6.45, 7) is 0.618. The molecule has 0 aromatic heterocycles. The van der Waals surface area contributed by atoms with Crippen LogP contribution in [0.3, 0.4) is 0 Å². The van der Waals surface area contributed by atoms with E-state index >= 15 is 0 Å². The second kappa shape index (κ2) is 13.7. The summed E-state index contributed by atoms with van der Waals surface area (Å²) >= 11 is 0. The zero-order valence-corrected chi connectivity index (χ0v) is 18.4. The number of amides is 5. The van der Waals surface area contributed by atoms with Crippen LogP contribution >= 0.6 is 0 Å². The van der Waals surface area contributed by atoms with Crippen LogP contribution in [-0.4, -0.2) is 82.4 Å². The third-order valence-corrected chi connectivity index (χ3v) is 4.99. The minimum atomic E-state index is -1.79. The molecule has 0 aromatic carbocycles. The summed E-state index contributed by atoms with van der Waals surface area (Å²) in [6, 6.07) is -5.07. The summed E-state index contributed by atoms with van der Waals surface area (Å²) < 4.78 is 0. The average molecular weight is 486 g/mol. The van der Waals surface area contributed by atoms with E-state index in [0.717, 1.165) is 6.42 Å².